The zero-order valence-electron chi connectivity index (χ0n) is 11.2. The Morgan fingerprint density at radius 2 is 2.22 bits per heavy atom. The first-order valence-corrected chi connectivity index (χ1v) is 6.83. The number of para-hydroxylation sites is 1. The third-order valence-electron chi connectivity index (χ3n) is 3.65. The lowest BCUT2D eigenvalue weighted by atomic mass is 9.92. The molecule has 0 bridgehead atoms. The third-order valence-corrected chi connectivity index (χ3v) is 3.65. The minimum absolute atomic E-state index is 0.145. The number of amides is 1. The summed E-state index contributed by atoms with van der Waals surface area (Å²) >= 11 is 0. The molecule has 1 heterocycles. The number of hydrogen-bond acceptors (Lipinski definition) is 2. The van der Waals surface area contributed by atoms with Gasteiger partial charge in [0.05, 0.1) is 0 Å². The van der Waals surface area contributed by atoms with Crippen LogP contribution >= 0.6 is 0 Å². The summed E-state index contributed by atoms with van der Waals surface area (Å²) in [6.07, 6.45) is 2.81. The van der Waals surface area contributed by atoms with E-state index in [4.69, 9.17) is 0 Å². The second kappa shape index (κ2) is 6.01. The van der Waals surface area contributed by atoms with Gasteiger partial charge < -0.3 is 10.6 Å². The molecular formula is C15H22N2O. The van der Waals surface area contributed by atoms with Crippen LogP contribution in [0.4, 0.5) is 5.69 Å². The molecule has 2 rings (SSSR count). The Labute approximate surface area is 109 Å². The Morgan fingerprint density at radius 3 is 2.94 bits per heavy atom. The maximum absolute atomic E-state index is 12.2. The van der Waals surface area contributed by atoms with Crippen LogP contribution < -0.4 is 10.6 Å². The quantitative estimate of drug-likeness (QED) is 0.860. The van der Waals surface area contributed by atoms with E-state index in [1.54, 1.807) is 0 Å². The van der Waals surface area contributed by atoms with Gasteiger partial charge in [-0.1, -0.05) is 25.1 Å². The van der Waals surface area contributed by atoms with Crippen molar-refractivity contribution in [2.24, 2.45) is 5.92 Å². The topological polar surface area (TPSA) is 41.1 Å². The molecule has 3 heteroatoms. The average molecular weight is 246 g/mol. The van der Waals surface area contributed by atoms with Crippen molar-refractivity contribution in [1.29, 1.82) is 0 Å². The molecule has 0 unspecified atom stereocenters. The highest BCUT2D eigenvalue weighted by Crippen LogP contribution is 2.21. The highest BCUT2D eigenvalue weighted by atomic mass is 16.1. The van der Waals surface area contributed by atoms with E-state index in [0.29, 0.717) is 6.04 Å². The van der Waals surface area contributed by atoms with Gasteiger partial charge in [0, 0.05) is 17.6 Å². The van der Waals surface area contributed by atoms with Gasteiger partial charge in [-0.05, 0) is 44.4 Å². The Bertz CT molecular complexity index is 417. The Hall–Kier alpha value is -1.35. The van der Waals surface area contributed by atoms with Crippen LogP contribution in [0.3, 0.4) is 0 Å². The van der Waals surface area contributed by atoms with Crippen molar-refractivity contribution < 1.29 is 4.79 Å². The van der Waals surface area contributed by atoms with E-state index >= 15 is 0 Å². The van der Waals surface area contributed by atoms with E-state index in [1.165, 1.54) is 5.56 Å². The van der Waals surface area contributed by atoms with Gasteiger partial charge >= 0.3 is 0 Å². The maximum Gasteiger partial charge on any atom is 0.227 e. The third kappa shape index (κ3) is 3.10. The molecule has 2 N–H and O–H groups in total. The van der Waals surface area contributed by atoms with Crippen molar-refractivity contribution >= 4 is 11.6 Å². The number of aryl methyl sites for hydroxylation is 1. The van der Waals surface area contributed by atoms with Crippen molar-refractivity contribution in [3.05, 3.63) is 29.8 Å². The van der Waals surface area contributed by atoms with E-state index < -0.39 is 0 Å². The molecule has 0 spiro atoms. The van der Waals surface area contributed by atoms with Crippen LogP contribution in [0.2, 0.25) is 0 Å². The largest absolute Gasteiger partial charge is 0.326 e. The van der Waals surface area contributed by atoms with Crippen molar-refractivity contribution in [2.45, 2.75) is 39.2 Å². The van der Waals surface area contributed by atoms with Crippen molar-refractivity contribution in [1.82, 2.24) is 5.32 Å². The molecule has 1 aliphatic rings. The Morgan fingerprint density at radius 1 is 1.44 bits per heavy atom. The fraction of sp³-hybridized carbons (Fsp3) is 0.533. The number of carbonyl (C=O) groups is 1. The number of carbonyl (C=O) groups excluding carboxylic acids is 1. The van der Waals surface area contributed by atoms with Crippen LogP contribution in [0.1, 0.15) is 32.3 Å². The summed E-state index contributed by atoms with van der Waals surface area (Å²) in [7, 11) is 0. The summed E-state index contributed by atoms with van der Waals surface area (Å²) in [5.74, 6) is 0.315. The molecule has 0 saturated carbocycles. The molecular weight excluding hydrogens is 224 g/mol. The minimum Gasteiger partial charge on any atom is -0.326 e. The first-order chi connectivity index (χ1) is 8.70. The number of anilines is 1. The molecule has 2 atom stereocenters. The standard InChI is InChI=1S/C15H22N2O/c1-3-12-6-4-5-7-14(12)17-15(18)13-8-9-16-11(2)10-13/h4-7,11,13,16H,3,8-10H2,1-2H3,(H,17,18)/t11-,13-/m0/s1. The summed E-state index contributed by atoms with van der Waals surface area (Å²) in [6.45, 7) is 5.19. The van der Waals surface area contributed by atoms with E-state index in [9.17, 15) is 4.79 Å². The van der Waals surface area contributed by atoms with Crippen LogP contribution in [-0.4, -0.2) is 18.5 Å². The summed E-state index contributed by atoms with van der Waals surface area (Å²) in [5.41, 5.74) is 2.17. The van der Waals surface area contributed by atoms with E-state index in [1.807, 2.05) is 18.2 Å². The number of nitrogens with one attached hydrogen (secondary N) is 2. The molecule has 18 heavy (non-hydrogen) atoms. The summed E-state index contributed by atoms with van der Waals surface area (Å²) in [4.78, 5) is 12.2. The summed E-state index contributed by atoms with van der Waals surface area (Å²) in [6, 6.07) is 8.49. The van der Waals surface area contributed by atoms with Gasteiger partial charge in [-0.2, -0.15) is 0 Å². The number of piperidine rings is 1. The summed E-state index contributed by atoms with van der Waals surface area (Å²) < 4.78 is 0. The molecule has 1 saturated heterocycles. The lowest BCUT2D eigenvalue weighted by molar-refractivity contribution is -0.120. The molecule has 1 aromatic carbocycles. The normalized spacial score (nSPS) is 23.7. The predicted octanol–water partition coefficient (Wildman–Crippen LogP) is 2.58. The molecule has 98 valence electrons. The van der Waals surface area contributed by atoms with Gasteiger partial charge in [0.25, 0.3) is 0 Å². The predicted molar refractivity (Wildman–Crippen MR) is 74.6 cm³/mol. The molecule has 0 radical (unpaired) electrons. The zero-order chi connectivity index (χ0) is 13.0. The molecule has 3 nitrogen and oxygen atoms in total. The Kier molecular flexibility index (Phi) is 4.37. The van der Waals surface area contributed by atoms with Crippen LogP contribution in [-0.2, 0) is 11.2 Å². The van der Waals surface area contributed by atoms with Crippen LogP contribution in [0.5, 0.6) is 0 Å². The molecule has 0 aromatic heterocycles. The first-order valence-electron chi connectivity index (χ1n) is 6.83. The fourth-order valence-corrected chi connectivity index (χ4v) is 2.56. The van der Waals surface area contributed by atoms with E-state index in [0.717, 1.165) is 31.5 Å². The van der Waals surface area contributed by atoms with Crippen molar-refractivity contribution in [3.63, 3.8) is 0 Å². The second-order valence-electron chi connectivity index (χ2n) is 5.08. The van der Waals surface area contributed by atoms with Crippen molar-refractivity contribution in [2.75, 3.05) is 11.9 Å². The van der Waals surface area contributed by atoms with E-state index in [2.05, 4.69) is 30.5 Å². The highest BCUT2D eigenvalue weighted by Gasteiger charge is 2.24. The SMILES string of the molecule is CCc1ccccc1NC(=O)[C@H]1CCN[C@@H](C)C1. The number of hydrogen-bond donors (Lipinski definition) is 2. The lowest BCUT2D eigenvalue weighted by Crippen LogP contribution is -2.40. The van der Waals surface area contributed by atoms with E-state index in [-0.39, 0.29) is 11.8 Å². The van der Waals surface area contributed by atoms with Gasteiger partial charge in [0.15, 0.2) is 0 Å². The number of rotatable bonds is 3. The molecule has 1 amide bonds. The van der Waals surface area contributed by atoms with Gasteiger partial charge in [0.1, 0.15) is 0 Å². The molecule has 1 aromatic rings. The van der Waals surface area contributed by atoms with Crippen LogP contribution in [0.15, 0.2) is 24.3 Å². The monoisotopic (exact) mass is 246 g/mol. The van der Waals surface area contributed by atoms with Gasteiger partial charge in [-0.15, -0.1) is 0 Å². The smallest absolute Gasteiger partial charge is 0.227 e. The number of benzene rings is 1. The molecule has 1 aliphatic heterocycles. The Balaban J connectivity index is 2.02. The average Bonchev–Trinajstić information content (AvgIpc) is 2.39. The van der Waals surface area contributed by atoms with Crippen molar-refractivity contribution in [3.8, 4) is 0 Å². The maximum atomic E-state index is 12.2. The molecule has 1 fully saturated rings. The van der Waals surface area contributed by atoms with Gasteiger partial charge in [-0.25, -0.2) is 0 Å². The summed E-state index contributed by atoms with van der Waals surface area (Å²) in [5, 5.41) is 6.46. The van der Waals surface area contributed by atoms with Crippen LogP contribution in [0.25, 0.3) is 0 Å². The first kappa shape index (κ1) is 13.1. The van der Waals surface area contributed by atoms with Gasteiger partial charge in [-0.3, -0.25) is 4.79 Å². The van der Waals surface area contributed by atoms with Gasteiger partial charge in [0.2, 0.25) is 5.91 Å². The molecule has 0 aliphatic carbocycles. The minimum atomic E-state index is 0.145. The zero-order valence-corrected chi connectivity index (χ0v) is 11.2. The lowest BCUT2D eigenvalue weighted by Gasteiger charge is -2.27. The fourth-order valence-electron chi connectivity index (χ4n) is 2.56. The van der Waals surface area contributed by atoms with Crippen LogP contribution in [0, 0.1) is 5.92 Å². The second-order valence-corrected chi connectivity index (χ2v) is 5.08. The highest BCUT2D eigenvalue weighted by molar-refractivity contribution is 5.93.